The zero-order valence-corrected chi connectivity index (χ0v) is 8.81. The minimum Gasteiger partial charge on any atom is -0.451 e. The van der Waals surface area contributed by atoms with Crippen LogP contribution in [0.5, 0.6) is 0 Å². The van der Waals surface area contributed by atoms with Gasteiger partial charge in [0.2, 0.25) is 5.95 Å². The Morgan fingerprint density at radius 1 is 1.35 bits per heavy atom. The highest BCUT2D eigenvalue weighted by Crippen LogP contribution is 2.19. The van der Waals surface area contributed by atoms with Crippen molar-refractivity contribution in [3.05, 3.63) is 48.5 Å². The number of imidazole rings is 1. The molecule has 3 aromatic rings. The maximum absolute atomic E-state index is 11.8. The molecule has 0 atom stereocenters. The number of benzene rings is 1. The maximum Gasteiger partial charge on any atom is 0.293 e. The number of hydrogen-bond acceptors (Lipinski definition) is 3. The number of furan rings is 1. The number of nitrogens with zero attached hydrogens (tertiary/aromatic N) is 1. The van der Waals surface area contributed by atoms with E-state index in [4.69, 9.17) is 4.42 Å². The van der Waals surface area contributed by atoms with Gasteiger partial charge in [0.25, 0.3) is 5.91 Å². The third kappa shape index (κ3) is 1.78. The van der Waals surface area contributed by atoms with Crippen LogP contribution in [0.2, 0.25) is 0 Å². The van der Waals surface area contributed by atoms with E-state index < -0.39 is 0 Å². The van der Waals surface area contributed by atoms with Crippen LogP contribution in [0.15, 0.2) is 47.1 Å². The number of para-hydroxylation sites is 1. The van der Waals surface area contributed by atoms with Gasteiger partial charge in [0.15, 0.2) is 5.76 Å². The van der Waals surface area contributed by atoms with Crippen LogP contribution in [0.3, 0.4) is 0 Å². The van der Waals surface area contributed by atoms with Crippen molar-refractivity contribution in [2.45, 2.75) is 0 Å². The lowest BCUT2D eigenvalue weighted by Gasteiger charge is -1.96. The Hall–Kier alpha value is -2.56. The molecule has 3 rings (SSSR count). The van der Waals surface area contributed by atoms with Crippen molar-refractivity contribution in [2.75, 3.05) is 5.32 Å². The SMILES string of the molecule is O=C(Nc1ncc[nH]1)c1cc2ccccc2o1. The van der Waals surface area contributed by atoms with Gasteiger partial charge >= 0.3 is 0 Å². The molecule has 5 heteroatoms. The van der Waals surface area contributed by atoms with Gasteiger partial charge in [-0.15, -0.1) is 0 Å². The molecule has 2 aromatic heterocycles. The topological polar surface area (TPSA) is 70.9 Å². The second-order valence-corrected chi connectivity index (χ2v) is 3.54. The van der Waals surface area contributed by atoms with E-state index in [-0.39, 0.29) is 11.7 Å². The molecule has 17 heavy (non-hydrogen) atoms. The van der Waals surface area contributed by atoms with E-state index in [0.29, 0.717) is 11.5 Å². The van der Waals surface area contributed by atoms with Crippen LogP contribution in [0, 0.1) is 0 Å². The Bertz CT molecular complexity index is 622. The van der Waals surface area contributed by atoms with Crippen molar-refractivity contribution in [1.29, 1.82) is 0 Å². The highest BCUT2D eigenvalue weighted by atomic mass is 16.3. The Kier molecular flexibility index (Phi) is 2.15. The summed E-state index contributed by atoms with van der Waals surface area (Å²) in [5.41, 5.74) is 0.692. The van der Waals surface area contributed by atoms with Gasteiger partial charge in [-0.1, -0.05) is 18.2 Å². The zero-order valence-electron chi connectivity index (χ0n) is 8.81. The Balaban J connectivity index is 1.90. The number of amides is 1. The average molecular weight is 227 g/mol. The van der Waals surface area contributed by atoms with Crippen LogP contribution < -0.4 is 5.32 Å². The van der Waals surface area contributed by atoms with E-state index in [2.05, 4.69) is 15.3 Å². The van der Waals surface area contributed by atoms with Crippen molar-refractivity contribution < 1.29 is 9.21 Å². The quantitative estimate of drug-likeness (QED) is 0.706. The maximum atomic E-state index is 11.8. The molecule has 0 bridgehead atoms. The van der Waals surface area contributed by atoms with E-state index in [1.807, 2.05) is 24.3 Å². The van der Waals surface area contributed by atoms with Gasteiger partial charge in [-0.3, -0.25) is 10.1 Å². The monoisotopic (exact) mass is 227 g/mol. The molecule has 0 unspecified atom stereocenters. The zero-order chi connectivity index (χ0) is 11.7. The first-order valence-corrected chi connectivity index (χ1v) is 5.12. The molecule has 0 saturated carbocycles. The van der Waals surface area contributed by atoms with Crippen molar-refractivity contribution in [3.63, 3.8) is 0 Å². The summed E-state index contributed by atoms with van der Waals surface area (Å²) in [5, 5.41) is 3.50. The summed E-state index contributed by atoms with van der Waals surface area (Å²) in [7, 11) is 0. The van der Waals surface area contributed by atoms with Gasteiger partial charge in [-0.05, 0) is 12.1 Å². The van der Waals surface area contributed by atoms with E-state index in [0.717, 1.165) is 5.39 Å². The molecule has 0 aliphatic heterocycles. The molecule has 2 N–H and O–H groups in total. The van der Waals surface area contributed by atoms with Gasteiger partial charge in [0.1, 0.15) is 5.58 Å². The minimum absolute atomic E-state index is 0.266. The van der Waals surface area contributed by atoms with E-state index in [9.17, 15) is 4.79 Å². The summed E-state index contributed by atoms with van der Waals surface area (Å²) in [6.07, 6.45) is 3.20. The van der Waals surface area contributed by atoms with Crippen LogP contribution >= 0.6 is 0 Å². The lowest BCUT2D eigenvalue weighted by molar-refractivity contribution is 0.0998. The van der Waals surface area contributed by atoms with Gasteiger partial charge in [-0.25, -0.2) is 4.98 Å². The fraction of sp³-hybridized carbons (Fsp3) is 0. The normalized spacial score (nSPS) is 10.6. The van der Waals surface area contributed by atoms with Crippen LogP contribution in [-0.4, -0.2) is 15.9 Å². The van der Waals surface area contributed by atoms with Crippen molar-refractivity contribution in [1.82, 2.24) is 9.97 Å². The molecule has 0 radical (unpaired) electrons. The highest BCUT2D eigenvalue weighted by Gasteiger charge is 2.12. The van der Waals surface area contributed by atoms with E-state index in [1.165, 1.54) is 0 Å². The number of carbonyl (C=O) groups is 1. The summed E-state index contributed by atoms with van der Waals surface area (Å²) < 4.78 is 5.42. The summed E-state index contributed by atoms with van der Waals surface area (Å²) in [5.74, 6) is 0.342. The van der Waals surface area contributed by atoms with Gasteiger partial charge < -0.3 is 9.40 Å². The molecule has 0 spiro atoms. The van der Waals surface area contributed by atoms with Gasteiger partial charge in [-0.2, -0.15) is 0 Å². The number of carbonyl (C=O) groups excluding carboxylic acids is 1. The Morgan fingerprint density at radius 3 is 3.00 bits per heavy atom. The number of rotatable bonds is 2. The number of aromatic amines is 1. The van der Waals surface area contributed by atoms with Crippen molar-refractivity contribution >= 4 is 22.8 Å². The first-order valence-electron chi connectivity index (χ1n) is 5.12. The largest absolute Gasteiger partial charge is 0.451 e. The predicted octanol–water partition coefficient (Wildman–Crippen LogP) is 2.41. The molecule has 1 aromatic carbocycles. The summed E-state index contributed by atoms with van der Waals surface area (Å²) in [6, 6.07) is 9.17. The fourth-order valence-electron chi connectivity index (χ4n) is 1.60. The summed E-state index contributed by atoms with van der Waals surface area (Å²) in [4.78, 5) is 18.5. The Labute approximate surface area is 96.5 Å². The number of anilines is 1. The first-order chi connectivity index (χ1) is 8.33. The van der Waals surface area contributed by atoms with Crippen LogP contribution in [0.4, 0.5) is 5.95 Å². The van der Waals surface area contributed by atoms with Crippen LogP contribution in [-0.2, 0) is 0 Å². The smallest absolute Gasteiger partial charge is 0.293 e. The van der Waals surface area contributed by atoms with Crippen LogP contribution in [0.25, 0.3) is 11.0 Å². The number of hydrogen-bond donors (Lipinski definition) is 2. The van der Waals surface area contributed by atoms with Gasteiger partial charge in [0.05, 0.1) is 0 Å². The second-order valence-electron chi connectivity index (χ2n) is 3.54. The molecule has 0 aliphatic carbocycles. The third-order valence-corrected chi connectivity index (χ3v) is 2.38. The molecule has 2 heterocycles. The minimum atomic E-state index is -0.323. The summed E-state index contributed by atoms with van der Waals surface area (Å²) in [6.45, 7) is 0. The molecule has 1 amide bonds. The summed E-state index contributed by atoms with van der Waals surface area (Å²) >= 11 is 0. The van der Waals surface area contributed by atoms with E-state index in [1.54, 1.807) is 18.5 Å². The van der Waals surface area contributed by atoms with Crippen molar-refractivity contribution in [2.24, 2.45) is 0 Å². The molecule has 84 valence electrons. The Morgan fingerprint density at radius 2 is 2.24 bits per heavy atom. The molecular weight excluding hydrogens is 218 g/mol. The number of aromatic nitrogens is 2. The lowest BCUT2D eigenvalue weighted by Crippen LogP contribution is -2.11. The van der Waals surface area contributed by atoms with Crippen molar-refractivity contribution in [3.8, 4) is 0 Å². The molecule has 0 saturated heterocycles. The number of H-pyrrole nitrogens is 1. The molecule has 0 aliphatic rings. The second kappa shape index (κ2) is 3.79. The van der Waals surface area contributed by atoms with E-state index >= 15 is 0 Å². The third-order valence-electron chi connectivity index (χ3n) is 2.38. The first kappa shape index (κ1) is 9.65. The molecule has 0 fully saturated rings. The standard InChI is InChI=1S/C12H9N3O2/c16-11(15-12-13-5-6-14-12)10-7-8-3-1-2-4-9(8)17-10/h1-7H,(H2,13,14,15,16). The fourth-order valence-corrected chi connectivity index (χ4v) is 1.60. The highest BCUT2D eigenvalue weighted by molar-refractivity contribution is 6.03. The number of nitrogens with one attached hydrogen (secondary N) is 2. The number of fused-ring (bicyclic) bond motifs is 1. The predicted molar refractivity (Wildman–Crippen MR) is 62.8 cm³/mol. The molecule has 5 nitrogen and oxygen atoms in total. The van der Waals surface area contributed by atoms with Gasteiger partial charge in [0, 0.05) is 17.8 Å². The van der Waals surface area contributed by atoms with Crippen LogP contribution in [0.1, 0.15) is 10.6 Å². The molecular formula is C12H9N3O2. The lowest BCUT2D eigenvalue weighted by atomic mass is 10.2. The average Bonchev–Trinajstić information content (AvgIpc) is 2.96.